The van der Waals surface area contributed by atoms with Crippen LogP contribution in [-0.4, -0.2) is 63.1 Å². The number of rotatable bonds is 5. The van der Waals surface area contributed by atoms with Crippen molar-refractivity contribution >= 4 is 17.7 Å². The summed E-state index contributed by atoms with van der Waals surface area (Å²) in [5.41, 5.74) is -0.0435. The molecule has 0 aliphatic carbocycles. The summed E-state index contributed by atoms with van der Waals surface area (Å²) in [4.78, 5) is 55.3. The van der Waals surface area contributed by atoms with Crippen molar-refractivity contribution in [3.8, 4) is 5.75 Å². The van der Waals surface area contributed by atoms with Crippen molar-refractivity contribution in [2.75, 3.05) is 19.6 Å². The van der Waals surface area contributed by atoms with Crippen LogP contribution in [0.1, 0.15) is 46.7 Å². The molecule has 0 bridgehead atoms. The Morgan fingerprint density at radius 1 is 1.16 bits per heavy atom. The number of nitrogens with zero attached hydrogens (tertiary/aromatic N) is 3. The Kier molecular flexibility index (Phi) is 7.84. The molecule has 2 aliphatic rings. The molecule has 1 aromatic carbocycles. The Labute approximate surface area is 211 Å². The predicted molar refractivity (Wildman–Crippen MR) is 128 cm³/mol. The van der Waals surface area contributed by atoms with Gasteiger partial charge in [0.05, 0.1) is 6.54 Å². The van der Waals surface area contributed by atoms with Crippen LogP contribution in [0.25, 0.3) is 0 Å². The summed E-state index contributed by atoms with van der Waals surface area (Å²) in [5.74, 6) is -3.15. The van der Waals surface area contributed by atoms with E-state index in [1.54, 1.807) is 13.0 Å². The standard InChI is InChI=1S/C25H29F2N5O5/c1-14-10-16(2-4-18(14)27)12-28-22(34)20-21(33)24(36)32-9-6-15(3-5-19(32)30-20)11-29-23(35)25(37)31-8-7-17(26)13-31/h2,4,10,15,17,33H,3,5-9,11-13H2,1H3,(H,28,34)(H,29,35)/t15?,17-/m1/s1. The van der Waals surface area contributed by atoms with Crippen molar-refractivity contribution in [2.24, 2.45) is 5.92 Å². The summed E-state index contributed by atoms with van der Waals surface area (Å²) < 4.78 is 28.1. The number of likely N-dealkylation sites (tertiary alicyclic amines) is 1. The Hall–Kier alpha value is -3.83. The first kappa shape index (κ1) is 26.2. The van der Waals surface area contributed by atoms with Gasteiger partial charge in [-0.1, -0.05) is 12.1 Å². The lowest BCUT2D eigenvalue weighted by Crippen LogP contribution is -2.43. The maximum atomic E-state index is 13.5. The molecule has 0 saturated carbocycles. The van der Waals surface area contributed by atoms with Gasteiger partial charge < -0.3 is 20.6 Å². The lowest BCUT2D eigenvalue weighted by molar-refractivity contribution is -0.145. The minimum absolute atomic E-state index is 0.0589. The molecule has 0 spiro atoms. The predicted octanol–water partition coefficient (Wildman–Crippen LogP) is 0.966. The summed E-state index contributed by atoms with van der Waals surface area (Å²) in [7, 11) is 0. The third-order valence-electron chi connectivity index (χ3n) is 6.82. The average molecular weight is 518 g/mol. The van der Waals surface area contributed by atoms with Crippen LogP contribution < -0.4 is 16.2 Å². The number of benzene rings is 1. The van der Waals surface area contributed by atoms with E-state index in [1.165, 1.54) is 21.6 Å². The van der Waals surface area contributed by atoms with Crippen LogP contribution >= 0.6 is 0 Å². The number of halogens is 2. The minimum atomic E-state index is -1.11. The van der Waals surface area contributed by atoms with Gasteiger partial charge in [0.2, 0.25) is 5.75 Å². The van der Waals surface area contributed by atoms with Crippen molar-refractivity contribution < 1.29 is 28.3 Å². The molecule has 3 N–H and O–H groups in total. The van der Waals surface area contributed by atoms with E-state index in [1.807, 2.05) is 0 Å². The van der Waals surface area contributed by atoms with Crippen molar-refractivity contribution in [3.05, 3.63) is 57.0 Å². The molecule has 2 aliphatic heterocycles. The highest BCUT2D eigenvalue weighted by molar-refractivity contribution is 6.35. The molecule has 10 nitrogen and oxygen atoms in total. The molecule has 12 heteroatoms. The van der Waals surface area contributed by atoms with Crippen LogP contribution in [0.2, 0.25) is 0 Å². The molecule has 1 unspecified atom stereocenters. The van der Waals surface area contributed by atoms with E-state index in [9.17, 15) is 33.1 Å². The fraction of sp³-hybridized carbons (Fsp3) is 0.480. The van der Waals surface area contributed by atoms with Crippen LogP contribution in [0.4, 0.5) is 8.78 Å². The fourth-order valence-corrected chi connectivity index (χ4v) is 4.60. The molecule has 3 heterocycles. The van der Waals surface area contributed by atoms with E-state index >= 15 is 0 Å². The Balaban J connectivity index is 1.37. The van der Waals surface area contributed by atoms with Gasteiger partial charge in [0.15, 0.2) is 5.69 Å². The van der Waals surface area contributed by atoms with Crippen molar-refractivity contribution in [1.82, 2.24) is 25.1 Å². The van der Waals surface area contributed by atoms with Gasteiger partial charge in [-0.2, -0.15) is 0 Å². The lowest BCUT2D eigenvalue weighted by atomic mass is 10.0. The highest BCUT2D eigenvalue weighted by Gasteiger charge is 2.30. The van der Waals surface area contributed by atoms with Gasteiger partial charge >= 0.3 is 11.8 Å². The number of carbonyl (C=O) groups is 3. The van der Waals surface area contributed by atoms with Crippen LogP contribution in [0.15, 0.2) is 23.0 Å². The molecule has 3 amide bonds. The van der Waals surface area contributed by atoms with E-state index in [0.717, 1.165) is 0 Å². The first-order chi connectivity index (χ1) is 17.6. The summed E-state index contributed by atoms with van der Waals surface area (Å²) in [6.45, 7) is 2.20. The topological polar surface area (TPSA) is 134 Å². The van der Waals surface area contributed by atoms with E-state index in [4.69, 9.17) is 0 Å². The number of hydrogen-bond acceptors (Lipinski definition) is 6. The molecule has 4 rings (SSSR count). The Morgan fingerprint density at radius 3 is 2.65 bits per heavy atom. The highest BCUT2D eigenvalue weighted by atomic mass is 19.1. The largest absolute Gasteiger partial charge is 0.501 e. The number of carbonyl (C=O) groups excluding carboxylic acids is 3. The number of aromatic hydroxyl groups is 1. The zero-order valence-electron chi connectivity index (χ0n) is 20.4. The second kappa shape index (κ2) is 11.1. The first-order valence-corrected chi connectivity index (χ1v) is 12.2. The summed E-state index contributed by atoms with van der Waals surface area (Å²) in [6.07, 6.45) is 0.433. The third-order valence-corrected chi connectivity index (χ3v) is 6.82. The summed E-state index contributed by atoms with van der Waals surface area (Å²) in [5, 5.41) is 15.6. The summed E-state index contributed by atoms with van der Waals surface area (Å²) in [6, 6.07) is 4.41. The molecule has 1 fully saturated rings. The SMILES string of the molecule is Cc1cc(CNC(=O)c2nc3n(c(=O)c2O)CCC(CNC(=O)C(=O)N2CC[C@@H](F)C2)CC3)ccc1F. The number of aromatic nitrogens is 2. The highest BCUT2D eigenvalue weighted by Crippen LogP contribution is 2.20. The number of nitrogens with one attached hydrogen (secondary N) is 2. The van der Waals surface area contributed by atoms with Crippen molar-refractivity contribution in [2.45, 2.75) is 51.9 Å². The smallest absolute Gasteiger partial charge is 0.311 e. The molecule has 37 heavy (non-hydrogen) atoms. The van der Waals surface area contributed by atoms with Gasteiger partial charge in [0.25, 0.3) is 11.5 Å². The van der Waals surface area contributed by atoms with Crippen LogP contribution in [-0.2, 0) is 29.1 Å². The molecule has 1 aromatic heterocycles. The van der Waals surface area contributed by atoms with Gasteiger partial charge in [-0.15, -0.1) is 0 Å². The van der Waals surface area contributed by atoms with Crippen LogP contribution in [0, 0.1) is 18.7 Å². The molecular weight excluding hydrogens is 488 g/mol. The van der Waals surface area contributed by atoms with Gasteiger partial charge in [0, 0.05) is 32.6 Å². The molecule has 2 aromatic rings. The number of amides is 3. The normalized spacial score (nSPS) is 19.2. The van der Waals surface area contributed by atoms with Gasteiger partial charge in [0.1, 0.15) is 17.8 Å². The maximum absolute atomic E-state index is 13.5. The Morgan fingerprint density at radius 2 is 1.95 bits per heavy atom. The van der Waals surface area contributed by atoms with E-state index in [0.29, 0.717) is 36.2 Å². The van der Waals surface area contributed by atoms with Gasteiger partial charge in [-0.05, 0) is 49.3 Å². The molecule has 2 atom stereocenters. The lowest BCUT2D eigenvalue weighted by Gasteiger charge is -2.17. The number of hydrogen-bond donors (Lipinski definition) is 3. The minimum Gasteiger partial charge on any atom is -0.501 e. The zero-order chi connectivity index (χ0) is 26.7. The second-order valence-electron chi connectivity index (χ2n) is 9.49. The van der Waals surface area contributed by atoms with E-state index in [2.05, 4.69) is 15.6 Å². The van der Waals surface area contributed by atoms with Crippen molar-refractivity contribution in [3.63, 3.8) is 0 Å². The van der Waals surface area contributed by atoms with Crippen LogP contribution in [0.5, 0.6) is 5.75 Å². The monoisotopic (exact) mass is 517 g/mol. The van der Waals surface area contributed by atoms with E-state index < -0.39 is 35.2 Å². The summed E-state index contributed by atoms with van der Waals surface area (Å²) >= 11 is 0. The number of alkyl halides is 1. The van der Waals surface area contributed by atoms with Gasteiger partial charge in [-0.3, -0.25) is 23.7 Å². The molecular formula is C25H29F2N5O5. The molecule has 0 radical (unpaired) electrons. The number of fused-ring (bicyclic) bond motifs is 1. The zero-order valence-corrected chi connectivity index (χ0v) is 20.4. The molecule has 1 saturated heterocycles. The average Bonchev–Trinajstić information content (AvgIpc) is 3.21. The second-order valence-corrected chi connectivity index (χ2v) is 9.49. The van der Waals surface area contributed by atoms with Crippen molar-refractivity contribution in [1.29, 1.82) is 0 Å². The first-order valence-electron chi connectivity index (χ1n) is 12.2. The quantitative estimate of drug-likeness (QED) is 0.506. The fourth-order valence-electron chi connectivity index (χ4n) is 4.60. The Bertz CT molecular complexity index is 1280. The van der Waals surface area contributed by atoms with Gasteiger partial charge in [-0.25, -0.2) is 13.8 Å². The molecule has 198 valence electrons. The maximum Gasteiger partial charge on any atom is 0.311 e. The van der Waals surface area contributed by atoms with Crippen LogP contribution in [0.3, 0.4) is 0 Å². The van der Waals surface area contributed by atoms with E-state index in [-0.39, 0.29) is 56.6 Å². The number of aryl methyl sites for hydroxylation is 2. The third kappa shape index (κ3) is 5.95.